The van der Waals surface area contributed by atoms with Crippen LogP contribution in [0.15, 0.2) is 18.2 Å². The van der Waals surface area contributed by atoms with Crippen LogP contribution in [0.4, 0.5) is 17.6 Å². The van der Waals surface area contributed by atoms with Gasteiger partial charge in [-0.3, -0.25) is 19.4 Å². The van der Waals surface area contributed by atoms with Crippen LogP contribution >= 0.6 is 0 Å². The lowest BCUT2D eigenvalue weighted by atomic mass is 10.1. The van der Waals surface area contributed by atoms with Crippen molar-refractivity contribution in [3.05, 3.63) is 35.1 Å². The second-order valence-electron chi connectivity index (χ2n) is 6.97. The number of ether oxygens (including phenoxy) is 1. The SMILES string of the molecule is COCCNC(=O)CN1CCN(CC(=O)NCc2ccc(F)cc2C(F)(F)F)CC1. The molecule has 0 spiro atoms. The molecule has 0 radical (unpaired) electrons. The topological polar surface area (TPSA) is 73.9 Å². The molecule has 2 rings (SSSR count). The van der Waals surface area contributed by atoms with Gasteiger partial charge in [-0.2, -0.15) is 13.2 Å². The van der Waals surface area contributed by atoms with Gasteiger partial charge in [0, 0.05) is 46.4 Å². The first-order valence-corrected chi connectivity index (χ1v) is 9.51. The molecule has 0 unspecified atom stereocenters. The molecule has 2 N–H and O–H groups in total. The molecule has 0 atom stereocenters. The summed E-state index contributed by atoms with van der Waals surface area (Å²) in [5.41, 5.74) is -1.29. The third-order valence-electron chi connectivity index (χ3n) is 4.68. The van der Waals surface area contributed by atoms with Gasteiger partial charge in [-0.1, -0.05) is 6.07 Å². The number of carbonyl (C=O) groups is 2. The van der Waals surface area contributed by atoms with E-state index in [-0.39, 0.29) is 31.1 Å². The van der Waals surface area contributed by atoms with Crippen molar-refractivity contribution in [2.45, 2.75) is 12.7 Å². The van der Waals surface area contributed by atoms with E-state index in [1.54, 1.807) is 7.11 Å². The van der Waals surface area contributed by atoms with Crippen molar-refractivity contribution in [2.75, 3.05) is 59.5 Å². The Hall–Kier alpha value is -2.24. The van der Waals surface area contributed by atoms with E-state index in [0.29, 0.717) is 45.4 Å². The standard InChI is InChI=1S/C19H26F4N4O3/c1-30-9-4-24-17(28)12-26-5-7-27(8-6-26)13-18(29)25-11-14-2-3-15(20)10-16(14)19(21,22)23/h2-3,10H,4-9,11-13H2,1H3,(H,24,28)(H,25,29). The number of benzene rings is 1. The number of hydrogen-bond acceptors (Lipinski definition) is 5. The normalized spacial score (nSPS) is 15.8. The zero-order valence-corrected chi connectivity index (χ0v) is 16.7. The number of amides is 2. The second-order valence-corrected chi connectivity index (χ2v) is 6.97. The van der Waals surface area contributed by atoms with Crippen LogP contribution in [0.5, 0.6) is 0 Å². The summed E-state index contributed by atoms with van der Waals surface area (Å²) < 4.78 is 57.0. The number of methoxy groups -OCH3 is 1. The number of halogens is 4. The summed E-state index contributed by atoms with van der Waals surface area (Å²) in [4.78, 5) is 27.7. The Morgan fingerprint density at radius 2 is 1.60 bits per heavy atom. The minimum Gasteiger partial charge on any atom is -0.383 e. The van der Waals surface area contributed by atoms with Gasteiger partial charge in [-0.25, -0.2) is 4.39 Å². The maximum atomic E-state index is 13.1. The van der Waals surface area contributed by atoms with E-state index in [2.05, 4.69) is 10.6 Å². The number of piperazine rings is 1. The number of alkyl halides is 3. The molecule has 1 saturated heterocycles. The van der Waals surface area contributed by atoms with Crippen LogP contribution in [0, 0.1) is 5.82 Å². The fourth-order valence-electron chi connectivity index (χ4n) is 3.08. The zero-order chi connectivity index (χ0) is 22.1. The van der Waals surface area contributed by atoms with Gasteiger partial charge in [-0.15, -0.1) is 0 Å². The summed E-state index contributed by atoms with van der Waals surface area (Å²) >= 11 is 0. The highest BCUT2D eigenvalue weighted by molar-refractivity contribution is 5.78. The second kappa shape index (κ2) is 11.2. The van der Waals surface area contributed by atoms with Crippen LogP contribution < -0.4 is 10.6 Å². The van der Waals surface area contributed by atoms with E-state index in [1.807, 2.05) is 9.80 Å². The number of nitrogens with one attached hydrogen (secondary N) is 2. The van der Waals surface area contributed by atoms with Gasteiger partial charge >= 0.3 is 6.18 Å². The molecular formula is C19H26F4N4O3. The van der Waals surface area contributed by atoms with Crippen LogP contribution in [-0.2, 0) is 27.0 Å². The Kier molecular flexibility index (Phi) is 9.00. The average Bonchev–Trinajstić information content (AvgIpc) is 2.68. The molecule has 2 amide bonds. The van der Waals surface area contributed by atoms with Gasteiger partial charge in [0.25, 0.3) is 0 Å². The first-order chi connectivity index (χ1) is 14.2. The first kappa shape index (κ1) is 24.0. The minimum absolute atomic E-state index is 0.0381. The summed E-state index contributed by atoms with van der Waals surface area (Å²) in [6.45, 7) is 3.16. The van der Waals surface area contributed by atoms with Crippen molar-refractivity contribution in [3.8, 4) is 0 Å². The molecule has 1 fully saturated rings. The molecule has 1 aromatic rings. The van der Waals surface area contributed by atoms with Crippen LogP contribution in [0.25, 0.3) is 0 Å². The van der Waals surface area contributed by atoms with Gasteiger partial charge in [0.05, 0.1) is 25.3 Å². The summed E-state index contributed by atoms with van der Waals surface area (Å²) in [7, 11) is 1.55. The largest absolute Gasteiger partial charge is 0.416 e. The maximum absolute atomic E-state index is 13.1. The lowest BCUT2D eigenvalue weighted by Crippen LogP contribution is -2.51. The van der Waals surface area contributed by atoms with Gasteiger partial charge in [0.2, 0.25) is 11.8 Å². The van der Waals surface area contributed by atoms with E-state index < -0.39 is 23.5 Å². The number of rotatable bonds is 9. The van der Waals surface area contributed by atoms with Crippen molar-refractivity contribution in [3.63, 3.8) is 0 Å². The monoisotopic (exact) mass is 434 g/mol. The fraction of sp³-hybridized carbons (Fsp3) is 0.579. The first-order valence-electron chi connectivity index (χ1n) is 9.51. The Morgan fingerprint density at radius 3 is 2.13 bits per heavy atom. The van der Waals surface area contributed by atoms with Crippen LogP contribution in [0.1, 0.15) is 11.1 Å². The third kappa shape index (κ3) is 7.88. The number of nitrogens with zero attached hydrogens (tertiary/aromatic N) is 2. The van der Waals surface area contributed by atoms with Crippen molar-refractivity contribution in [1.29, 1.82) is 0 Å². The highest BCUT2D eigenvalue weighted by atomic mass is 19.4. The molecule has 168 valence electrons. The molecule has 30 heavy (non-hydrogen) atoms. The summed E-state index contributed by atoms with van der Waals surface area (Å²) in [6.07, 6.45) is -4.70. The Bertz CT molecular complexity index is 722. The average molecular weight is 434 g/mol. The van der Waals surface area contributed by atoms with E-state index in [1.165, 1.54) is 0 Å². The molecule has 1 aliphatic rings. The van der Waals surface area contributed by atoms with Crippen molar-refractivity contribution >= 4 is 11.8 Å². The summed E-state index contributed by atoms with van der Waals surface area (Å²) in [5.74, 6) is -1.50. The smallest absolute Gasteiger partial charge is 0.383 e. The molecule has 11 heteroatoms. The van der Waals surface area contributed by atoms with Crippen molar-refractivity contribution in [1.82, 2.24) is 20.4 Å². The Balaban J connectivity index is 1.74. The number of carbonyl (C=O) groups excluding carboxylic acids is 2. The molecular weight excluding hydrogens is 408 g/mol. The predicted octanol–water partition coefficient (Wildman–Crippen LogP) is 0.841. The maximum Gasteiger partial charge on any atom is 0.416 e. The quantitative estimate of drug-likeness (QED) is 0.445. The Morgan fingerprint density at radius 1 is 1.03 bits per heavy atom. The summed E-state index contributed by atoms with van der Waals surface area (Å²) in [6, 6.07) is 2.38. The highest BCUT2D eigenvalue weighted by Gasteiger charge is 2.33. The van der Waals surface area contributed by atoms with Gasteiger partial charge < -0.3 is 15.4 Å². The molecule has 0 saturated carbocycles. The van der Waals surface area contributed by atoms with E-state index in [9.17, 15) is 27.2 Å². The molecule has 0 aliphatic carbocycles. The predicted molar refractivity (Wildman–Crippen MR) is 101 cm³/mol. The van der Waals surface area contributed by atoms with E-state index >= 15 is 0 Å². The molecule has 0 aromatic heterocycles. The van der Waals surface area contributed by atoms with Gasteiger partial charge in [0.1, 0.15) is 5.82 Å². The highest BCUT2D eigenvalue weighted by Crippen LogP contribution is 2.32. The molecule has 1 heterocycles. The van der Waals surface area contributed by atoms with Crippen LogP contribution in [0.2, 0.25) is 0 Å². The number of hydrogen-bond donors (Lipinski definition) is 2. The lowest BCUT2D eigenvalue weighted by Gasteiger charge is -2.33. The lowest BCUT2D eigenvalue weighted by molar-refractivity contribution is -0.138. The van der Waals surface area contributed by atoms with Crippen molar-refractivity contribution < 1.29 is 31.9 Å². The van der Waals surface area contributed by atoms with Gasteiger partial charge in [-0.05, 0) is 17.7 Å². The Labute approximate surface area is 172 Å². The zero-order valence-electron chi connectivity index (χ0n) is 16.7. The molecule has 0 bridgehead atoms. The van der Waals surface area contributed by atoms with E-state index in [0.717, 1.165) is 12.1 Å². The van der Waals surface area contributed by atoms with Crippen molar-refractivity contribution in [2.24, 2.45) is 0 Å². The van der Waals surface area contributed by atoms with E-state index in [4.69, 9.17) is 4.74 Å². The van der Waals surface area contributed by atoms with Crippen LogP contribution in [0.3, 0.4) is 0 Å². The molecule has 1 aromatic carbocycles. The minimum atomic E-state index is -4.70. The summed E-state index contributed by atoms with van der Waals surface area (Å²) in [5, 5.41) is 5.20. The molecule has 7 nitrogen and oxygen atoms in total. The van der Waals surface area contributed by atoms with Crippen LogP contribution in [-0.4, -0.2) is 81.1 Å². The fourth-order valence-corrected chi connectivity index (χ4v) is 3.08. The van der Waals surface area contributed by atoms with Gasteiger partial charge in [0.15, 0.2) is 0 Å². The molecule has 1 aliphatic heterocycles. The third-order valence-corrected chi connectivity index (χ3v) is 4.68.